The lowest BCUT2D eigenvalue weighted by molar-refractivity contribution is -0.385. The standard InChI is InChI=1S/C14H18N2O5/c1-21-13-9(5-4-7-11(13)16(19)20)14(18)15-10-6-2-3-8-12(10)17/h4-5,7,10,12,17H,2-3,6,8H2,1H3,(H,15,18). The van der Waals surface area contributed by atoms with Crippen LogP contribution in [0.1, 0.15) is 36.0 Å². The van der Waals surface area contributed by atoms with Crippen LogP contribution in [-0.4, -0.2) is 35.2 Å². The van der Waals surface area contributed by atoms with Crippen molar-refractivity contribution in [3.05, 3.63) is 33.9 Å². The van der Waals surface area contributed by atoms with E-state index in [0.29, 0.717) is 12.8 Å². The number of para-hydroxylation sites is 1. The number of methoxy groups -OCH3 is 1. The van der Waals surface area contributed by atoms with E-state index < -0.39 is 16.9 Å². The highest BCUT2D eigenvalue weighted by molar-refractivity contribution is 5.98. The second-order valence-corrected chi connectivity index (χ2v) is 5.05. The summed E-state index contributed by atoms with van der Waals surface area (Å²) in [4.78, 5) is 22.6. The SMILES string of the molecule is COc1c(C(=O)NC2CCCCC2O)cccc1[N+](=O)[O-]. The zero-order chi connectivity index (χ0) is 15.4. The van der Waals surface area contributed by atoms with Crippen LogP contribution >= 0.6 is 0 Å². The Balaban J connectivity index is 2.22. The van der Waals surface area contributed by atoms with Gasteiger partial charge < -0.3 is 15.2 Å². The highest BCUT2D eigenvalue weighted by Gasteiger charge is 2.28. The van der Waals surface area contributed by atoms with E-state index in [0.717, 1.165) is 12.8 Å². The number of nitrogens with zero attached hydrogens (tertiary/aromatic N) is 1. The lowest BCUT2D eigenvalue weighted by atomic mass is 9.92. The number of hydrogen-bond acceptors (Lipinski definition) is 5. The molecule has 2 N–H and O–H groups in total. The van der Waals surface area contributed by atoms with E-state index >= 15 is 0 Å². The third-order valence-electron chi connectivity index (χ3n) is 3.69. The van der Waals surface area contributed by atoms with Crippen molar-refractivity contribution in [3.63, 3.8) is 0 Å². The Morgan fingerprint density at radius 3 is 2.76 bits per heavy atom. The molecule has 1 aromatic rings. The minimum Gasteiger partial charge on any atom is -0.490 e. The van der Waals surface area contributed by atoms with Crippen molar-refractivity contribution in [2.75, 3.05) is 7.11 Å². The first kappa shape index (κ1) is 15.2. The molecule has 0 aliphatic heterocycles. The van der Waals surface area contributed by atoms with E-state index in [1.54, 1.807) is 0 Å². The number of nitro benzene ring substituents is 1. The third kappa shape index (κ3) is 3.30. The smallest absolute Gasteiger partial charge is 0.311 e. The van der Waals surface area contributed by atoms with Gasteiger partial charge in [-0.15, -0.1) is 0 Å². The van der Waals surface area contributed by atoms with Crippen molar-refractivity contribution in [1.29, 1.82) is 0 Å². The molecule has 1 fully saturated rings. The minimum absolute atomic E-state index is 0.0645. The number of ether oxygens (including phenoxy) is 1. The van der Waals surface area contributed by atoms with E-state index in [2.05, 4.69) is 5.32 Å². The molecule has 21 heavy (non-hydrogen) atoms. The number of carbonyl (C=O) groups is 1. The normalized spacial score (nSPS) is 21.6. The van der Waals surface area contributed by atoms with E-state index in [4.69, 9.17) is 4.74 Å². The van der Waals surface area contributed by atoms with Crippen LogP contribution in [0.3, 0.4) is 0 Å². The van der Waals surface area contributed by atoms with Gasteiger partial charge in [-0.25, -0.2) is 0 Å². The second kappa shape index (κ2) is 6.53. The van der Waals surface area contributed by atoms with Crippen molar-refractivity contribution < 1.29 is 19.6 Å². The van der Waals surface area contributed by atoms with E-state index in [9.17, 15) is 20.0 Å². The van der Waals surface area contributed by atoms with Gasteiger partial charge in [-0.2, -0.15) is 0 Å². The number of nitro groups is 1. The molecule has 1 saturated carbocycles. The number of rotatable bonds is 4. The van der Waals surface area contributed by atoms with Gasteiger partial charge in [0, 0.05) is 6.07 Å². The average Bonchev–Trinajstić information content (AvgIpc) is 2.48. The summed E-state index contributed by atoms with van der Waals surface area (Å²) < 4.78 is 5.01. The molecule has 0 radical (unpaired) electrons. The number of amides is 1. The topological polar surface area (TPSA) is 102 Å². The maximum absolute atomic E-state index is 12.3. The van der Waals surface area contributed by atoms with Gasteiger partial charge >= 0.3 is 5.69 Å². The fourth-order valence-corrected chi connectivity index (χ4v) is 2.59. The highest BCUT2D eigenvalue weighted by atomic mass is 16.6. The largest absolute Gasteiger partial charge is 0.490 e. The molecule has 0 saturated heterocycles. The molecule has 1 aliphatic carbocycles. The minimum atomic E-state index is -0.592. The van der Waals surface area contributed by atoms with Gasteiger partial charge in [-0.3, -0.25) is 14.9 Å². The fraction of sp³-hybridized carbons (Fsp3) is 0.500. The molecule has 7 heteroatoms. The zero-order valence-electron chi connectivity index (χ0n) is 11.7. The summed E-state index contributed by atoms with van der Waals surface area (Å²) in [7, 11) is 1.29. The summed E-state index contributed by atoms with van der Waals surface area (Å²) in [6.07, 6.45) is 2.65. The van der Waals surface area contributed by atoms with Gasteiger partial charge in [0.05, 0.1) is 29.7 Å². The number of carbonyl (C=O) groups excluding carboxylic acids is 1. The van der Waals surface area contributed by atoms with Crippen LogP contribution in [0.4, 0.5) is 5.69 Å². The Bertz CT molecular complexity index is 546. The van der Waals surface area contributed by atoms with Crippen molar-refractivity contribution in [2.24, 2.45) is 0 Å². The predicted octanol–water partition coefficient (Wildman–Crippen LogP) is 1.64. The van der Waals surface area contributed by atoms with Crippen molar-refractivity contribution >= 4 is 11.6 Å². The van der Waals surface area contributed by atoms with Gasteiger partial charge in [0.1, 0.15) is 0 Å². The molecule has 7 nitrogen and oxygen atoms in total. The van der Waals surface area contributed by atoms with E-state index in [-0.39, 0.29) is 23.0 Å². The Labute approximate surface area is 122 Å². The molecular formula is C14H18N2O5. The summed E-state index contributed by atoms with van der Waals surface area (Å²) >= 11 is 0. The molecule has 0 aromatic heterocycles. The number of aliphatic hydroxyl groups is 1. The molecule has 0 heterocycles. The van der Waals surface area contributed by atoms with Crippen molar-refractivity contribution in [2.45, 2.75) is 37.8 Å². The average molecular weight is 294 g/mol. The Morgan fingerprint density at radius 1 is 1.43 bits per heavy atom. The van der Waals surface area contributed by atoms with Gasteiger partial charge in [-0.05, 0) is 18.9 Å². The zero-order valence-corrected chi connectivity index (χ0v) is 11.7. The third-order valence-corrected chi connectivity index (χ3v) is 3.69. The van der Waals surface area contributed by atoms with Crippen LogP contribution in [0.2, 0.25) is 0 Å². The molecule has 2 rings (SSSR count). The van der Waals surface area contributed by atoms with Gasteiger partial charge in [0.15, 0.2) is 0 Å². The maximum atomic E-state index is 12.3. The molecule has 114 valence electrons. The van der Waals surface area contributed by atoms with Gasteiger partial charge in [-0.1, -0.05) is 18.9 Å². The summed E-state index contributed by atoms with van der Waals surface area (Å²) in [5, 5.41) is 23.6. The fourth-order valence-electron chi connectivity index (χ4n) is 2.59. The first-order valence-corrected chi connectivity index (χ1v) is 6.85. The van der Waals surface area contributed by atoms with E-state index in [1.165, 1.54) is 25.3 Å². The van der Waals surface area contributed by atoms with Crippen LogP contribution in [0.5, 0.6) is 5.75 Å². The molecule has 2 atom stereocenters. The number of aliphatic hydroxyl groups excluding tert-OH is 1. The van der Waals surface area contributed by atoms with Crippen LogP contribution in [0.15, 0.2) is 18.2 Å². The summed E-state index contributed by atoms with van der Waals surface area (Å²) in [5.74, 6) is -0.535. The van der Waals surface area contributed by atoms with Crippen LogP contribution in [-0.2, 0) is 0 Å². The van der Waals surface area contributed by atoms with Crippen LogP contribution in [0, 0.1) is 10.1 Å². The first-order chi connectivity index (χ1) is 10.0. The van der Waals surface area contributed by atoms with Gasteiger partial charge in [0.25, 0.3) is 5.91 Å². The quantitative estimate of drug-likeness (QED) is 0.649. The Hall–Kier alpha value is -2.15. The predicted molar refractivity (Wildman–Crippen MR) is 75.4 cm³/mol. The molecule has 1 amide bonds. The van der Waals surface area contributed by atoms with E-state index in [1.807, 2.05) is 0 Å². The molecule has 2 unspecified atom stereocenters. The summed E-state index contributed by atoms with van der Waals surface area (Å²) in [6, 6.07) is 3.86. The lowest BCUT2D eigenvalue weighted by Gasteiger charge is -2.28. The molecule has 1 aliphatic rings. The Morgan fingerprint density at radius 2 is 2.14 bits per heavy atom. The van der Waals surface area contributed by atoms with Gasteiger partial charge in [0.2, 0.25) is 5.75 Å². The molecule has 1 aromatic carbocycles. The first-order valence-electron chi connectivity index (χ1n) is 6.85. The lowest BCUT2D eigenvalue weighted by Crippen LogP contribution is -2.45. The number of benzene rings is 1. The monoisotopic (exact) mass is 294 g/mol. The Kier molecular flexibility index (Phi) is 4.74. The molecule has 0 bridgehead atoms. The summed E-state index contributed by atoms with van der Waals surface area (Å²) in [5.41, 5.74) is -0.154. The number of hydrogen-bond donors (Lipinski definition) is 2. The molecule has 0 spiro atoms. The van der Waals surface area contributed by atoms with Crippen molar-refractivity contribution in [1.82, 2.24) is 5.32 Å². The summed E-state index contributed by atoms with van der Waals surface area (Å²) in [6.45, 7) is 0. The number of nitrogens with one attached hydrogen (secondary N) is 1. The van der Waals surface area contributed by atoms with Crippen LogP contribution in [0.25, 0.3) is 0 Å². The highest BCUT2D eigenvalue weighted by Crippen LogP contribution is 2.30. The second-order valence-electron chi connectivity index (χ2n) is 5.05. The van der Waals surface area contributed by atoms with Crippen LogP contribution < -0.4 is 10.1 Å². The van der Waals surface area contributed by atoms with Crippen molar-refractivity contribution in [3.8, 4) is 5.75 Å². The maximum Gasteiger partial charge on any atom is 0.311 e. The molecular weight excluding hydrogens is 276 g/mol.